The van der Waals surface area contributed by atoms with Crippen molar-refractivity contribution >= 4 is 11.8 Å². The van der Waals surface area contributed by atoms with Gasteiger partial charge in [-0.25, -0.2) is 9.98 Å². The molecule has 27 heavy (non-hydrogen) atoms. The lowest BCUT2D eigenvalue weighted by Gasteiger charge is -2.39. The van der Waals surface area contributed by atoms with Crippen molar-refractivity contribution in [2.24, 2.45) is 4.99 Å². The molecule has 0 radical (unpaired) electrons. The van der Waals surface area contributed by atoms with E-state index in [-0.39, 0.29) is 0 Å². The summed E-state index contributed by atoms with van der Waals surface area (Å²) in [6.45, 7) is 6.11. The Balaban J connectivity index is 2.05. The highest BCUT2D eigenvalue weighted by Gasteiger charge is 2.41. The van der Waals surface area contributed by atoms with E-state index in [9.17, 15) is 13.2 Å². The van der Waals surface area contributed by atoms with Crippen molar-refractivity contribution in [3.05, 3.63) is 23.9 Å². The van der Waals surface area contributed by atoms with Crippen LogP contribution in [-0.2, 0) is 6.54 Å². The lowest BCUT2D eigenvalue weighted by atomic mass is 10.2. The maximum Gasteiger partial charge on any atom is 0.403 e. The number of rotatable bonds is 5. The number of halogens is 3. The van der Waals surface area contributed by atoms with Crippen molar-refractivity contribution in [3.63, 3.8) is 0 Å². The third kappa shape index (κ3) is 5.72. The van der Waals surface area contributed by atoms with Crippen LogP contribution in [0.2, 0.25) is 0 Å². The Morgan fingerprint density at radius 3 is 2.52 bits per heavy atom. The van der Waals surface area contributed by atoms with Gasteiger partial charge in [0.2, 0.25) is 0 Å². The number of pyridine rings is 1. The lowest BCUT2D eigenvalue weighted by molar-refractivity contribution is -0.181. The summed E-state index contributed by atoms with van der Waals surface area (Å²) in [4.78, 5) is 14.5. The second-order valence-electron chi connectivity index (χ2n) is 6.79. The zero-order valence-corrected chi connectivity index (χ0v) is 16.4. The van der Waals surface area contributed by atoms with Gasteiger partial charge in [-0.3, -0.25) is 4.90 Å². The number of anilines is 1. The topological polar surface area (TPSA) is 47.0 Å². The highest BCUT2D eigenvalue weighted by molar-refractivity contribution is 5.80. The van der Waals surface area contributed by atoms with Gasteiger partial charge in [0.05, 0.1) is 6.54 Å². The third-order valence-corrected chi connectivity index (χ3v) is 4.66. The van der Waals surface area contributed by atoms with Gasteiger partial charge >= 0.3 is 6.18 Å². The van der Waals surface area contributed by atoms with Crippen LogP contribution < -0.4 is 10.2 Å². The zero-order chi connectivity index (χ0) is 20.0. The molecule has 2 heterocycles. The number of aromatic nitrogens is 1. The van der Waals surface area contributed by atoms with Crippen molar-refractivity contribution in [1.29, 1.82) is 0 Å². The number of hydrogen-bond acceptors (Lipinski definition) is 4. The zero-order valence-electron chi connectivity index (χ0n) is 16.4. The molecule has 1 fully saturated rings. The van der Waals surface area contributed by atoms with Crippen LogP contribution in [0, 0.1) is 0 Å². The van der Waals surface area contributed by atoms with E-state index in [1.807, 2.05) is 43.0 Å². The van der Waals surface area contributed by atoms with Gasteiger partial charge in [0.15, 0.2) is 5.96 Å². The number of piperazine rings is 1. The van der Waals surface area contributed by atoms with Crippen molar-refractivity contribution < 1.29 is 13.2 Å². The SMILES string of the molecule is CCNC(=NCc1cccnc1N(C)C)N1CCN(C(C)C(F)(F)F)CC1. The minimum absolute atomic E-state index is 0.362. The monoisotopic (exact) mass is 386 g/mol. The fraction of sp³-hybridized carbons (Fsp3) is 0.667. The Kier molecular flexibility index (Phi) is 7.29. The first kappa shape index (κ1) is 21.3. The first-order valence-corrected chi connectivity index (χ1v) is 9.19. The Morgan fingerprint density at radius 2 is 1.96 bits per heavy atom. The summed E-state index contributed by atoms with van der Waals surface area (Å²) < 4.78 is 38.8. The van der Waals surface area contributed by atoms with Crippen LogP contribution in [0.5, 0.6) is 0 Å². The summed E-state index contributed by atoms with van der Waals surface area (Å²) in [6.07, 6.45) is -2.45. The van der Waals surface area contributed by atoms with E-state index in [4.69, 9.17) is 4.99 Å². The Hall–Kier alpha value is -2.03. The molecule has 1 atom stereocenters. The van der Waals surface area contributed by atoms with Crippen molar-refractivity contribution in [1.82, 2.24) is 20.1 Å². The molecule has 0 aromatic carbocycles. The highest BCUT2D eigenvalue weighted by Crippen LogP contribution is 2.25. The molecule has 0 amide bonds. The summed E-state index contributed by atoms with van der Waals surface area (Å²) in [7, 11) is 3.86. The van der Waals surface area contributed by atoms with Gasteiger partial charge in [-0.15, -0.1) is 0 Å². The molecule has 1 unspecified atom stereocenters. The fourth-order valence-corrected chi connectivity index (χ4v) is 3.07. The molecule has 0 bridgehead atoms. The van der Waals surface area contributed by atoms with E-state index >= 15 is 0 Å². The molecule has 0 spiro atoms. The molecule has 9 heteroatoms. The third-order valence-electron chi connectivity index (χ3n) is 4.66. The fourth-order valence-electron chi connectivity index (χ4n) is 3.07. The molecule has 2 rings (SSSR count). The Bertz CT molecular complexity index is 624. The summed E-state index contributed by atoms with van der Waals surface area (Å²) in [5.41, 5.74) is 1.00. The van der Waals surface area contributed by atoms with Crippen molar-refractivity contribution in [2.75, 3.05) is 51.7 Å². The normalized spacial score (nSPS) is 17.7. The molecule has 1 aromatic rings. The molecule has 152 valence electrons. The number of hydrogen-bond donors (Lipinski definition) is 1. The van der Waals surface area contributed by atoms with Crippen LogP contribution >= 0.6 is 0 Å². The summed E-state index contributed by atoms with van der Waals surface area (Å²) >= 11 is 0. The second kappa shape index (κ2) is 9.25. The van der Waals surface area contributed by atoms with E-state index < -0.39 is 12.2 Å². The lowest BCUT2D eigenvalue weighted by Crippen LogP contribution is -2.56. The first-order chi connectivity index (χ1) is 12.7. The predicted molar refractivity (Wildman–Crippen MR) is 102 cm³/mol. The number of alkyl halides is 3. The quantitative estimate of drug-likeness (QED) is 0.621. The van der Waals surface area contributed by atoms with Gasteiger partial charge < -0.3 is 15.1 Å². The molecular formula is C18H29F3N6. The molecule has 0 aliphatic carbocycles. The van der Waals surface area contributed by atoms with E-state index in [0.717, 1.165) is 17.3 Å². The first-order valence-electron chi connectivity index (χ1n) is 9.19. The van der Waals surface area contributed by atoms with Crippen LogP contribution in [-0.4, -0.2) is 79.8 Å². The Morgan fingerprint density at radius 1 is 1.30 bits per heavy atom. The maximum atomic E-state index is 12.9. The largest absolute Gasteiger partial charge is 0.403 e. The van der Waals surface area contributed by atoms with Gasteiger partial charge in [-0.05, 0) is 19.9 Å². The van der Waals surface area contributed by atoms with E-state index in [0.29, 0.717) is 39.3 Å². The highest BCUT2D eigenvalue weighted by atomic mass is 19.4. The second-order valence-corrected chi connectivity index (χ2v) is 6.79. The molecule has 1 N–H and O–H groups in total. The maximum absolute atomic E-state index is 12.9. The molecule has 1 aliphatic rings. The smallest absolute Gasteiger partial charge is 0.362 e. The number of nitrogens with one attached hydrogen (secondary N) is 1. The number of guanidine groups is 1. The summed E-state index contributed by atoms with van der Waals surface area (Å²) in [5.74, 6) is 1.59. The molecule has 1 saturated heterocycles. The van der Waals surface area contributed by atoms with Crippen LogP contribution in [0.3, 0.4) is 0 Å². The molecule has 1 aliphatic heterocycles. The minimum atomic E-state index is -4.19. The molecule has 6 nitrogen and oxygen atoms in total. The molecular weight excluding hydrogens is 357 g/mol. The molecule has 0 saturated carbocycles. The van der Waals surface area contributed by atoms with Gasteiger partial charge in [-0.2, -0.15) is 13.2 Å². The summed E-state index contributed by atoms with van der Waals surface area (Å²) in [6, 6.07) is 2.44. The van der Waals surface area contributed by atoms with Crippen LogP contribution in [0.1, 0.15) is 19.4 Å². The number of nitrogens with zero attached hydrogens (tertiary/aromatic N) is 5. The minimum Gasteiger partial charge on any atom is -0.362 e. The van der Waals surface area contributed by atoms with Crippen molar-refractivity contribution in [2.45, 2.75) is 32.6 Å². The summed E-state index contributed by atoms with van der Waals surface area (Å²) in [5, 5.41) is 3.25. The van der Waals surface area contributed by atoms with Crippen LogP contribution in [0.25, 0.3) is 0 Å². The molecule has 1 aromatic heterocycles. The van der Waals surface area contributed by atoms with Crippen LogP contribution in [0.4, 0.5) is 19.0 Å². The van der Waals surface area contributed by atoms with Crippen molar-refractivity contribution in [3.8, 4) is 0 Å². The van der Waals surface area contributed by atoms with Gasteiger partial charge in [0, 0.05) is 58.6 Å². The number of aliphatic imine (C=N–C) groups is 1. The average molecular weight is 386 g/mol. The van der Waals surface area contributed by atoms with Crippen LogP contribution in [0.15, 0.2) is 23.3 Å². The van der Waals surface area contributed by atoms with E-state index in [2.05, 4.69) is 10.3 Å². The van der Waals surface area contributed by atoms with E-state index in [1.54, 1.807) is 6.20 Å². The van der Waals surface area contributed by atoms with E-state index in [1.165, 1.54) is 11.8 Å². The predicted octanol–water partition coefficient (Wildman–Crippen LogP) is 2.18. The van der Waals surface area contributed by atoms with Gasteiger partial charge in [0.1, 0.15) is 11.9 Å². The Labute approximate surface area is 159 Å². The van der Waals surface area contributed by atoms with Gasteiger partial charge in [-0.1, -0.05) is 6.07 Å². The van der Waals surface area contributed by atoms with Gasteiger partial charge in [0.25, 0.3) is 0 Å². The standard InChI is InChI=1S/C18H29F3N6/c1-5-22-17(24-13-15-7-6-8-23-16(15)25(3)4)27-11-9-26(10-12-27)14(2)18(19,20)21/h6-8,14H,5,9-13H2,1-4H3,(H,22,24). The average Bonchev–Trinajstić information content (AvgIpc) is 2.64.